The zero-order chi connectivity index (χ0) is 16.7. The van der Waals surface area contributed by atoms with Gasteiger partial charge in [-0.05, 0) is 56.5 Å². The molecule has 0 aromatic heterocycles. The van der Waals surface area contributed by atoms with Crippen LogP contribution in [0.3, 0.4) is 0 Å². The summed E-state index contributed by atoms with van der Waals surface area (Å²) < 4.78 is 25.6. The normalized spacial score (nSPS) is 20.7. The molecule has 1 heterocycles. The van der Waals surface area contributed by atoms with E-state index in [1.54, 1.807) is 0 Å². The van der Waals surface area contributed by atoms with Crippen LogP contribution in [0.2, 0.25) is 0 Å². The fraction of sp³-hybridized carbons (Fsp3) is 0.647. The maximum absolute atomic E-state index is 11.2. The number of alkyl halides is 1. The second kappa shape index (κ2) is 9.22. The minimum Gasteiger partial charge on any atom is -0.292 e. The number of nitrogens with one attached hydrogen (secondary N) is 1. The van der Waals surface area contributed by atoms with Gasteiger partial charge in [0.15, 0.2) is 0 Å². The van der Waals surface area contributed by atoms with E-state index in [9.17, 15) is 8.42 Å². The Labute approximate surface area is 154 Å². The maximum Gasteiger partial charge on any atom is 0.229 e. The van der Waals surface area contributed by atoms with Gasteiger partial charge in [0.05, 0.1) is 10.3 Å². The van der Waals surface area contributed by atoms with Crippen molar-refractivity contribution in [1.29, 1.82) is 0 Å². The van der Waals surface area contributed by atoms with Crippen LogP contribution in [0.5, 0.6) is 0 Å². The summed E-state index contributed by atoms with van der Waals surface area (Å²) in [6, 6.07) is 7.71. The molecule has 1 atom stereocenters. The smallest absolute Gasteiger partial charge is 0.229 e. The summed E-state index contributed by atoms with van der Waals surface area (Å²) in [6.07, 6.45) is 10.1. The summed E-state index contributed by atoms with van der Waals surface area (Å²) in [5.41, 5.74) is 1.90. The van der Waals surface area contributed by atoms with Gasteiger partial charge in [-0.3, -0.25) is 9.62 Å². The van der Waals surface area contributed by atoms with E-state index in [0.717, 1.165) is 19.4 Å². The number of likely N-dealkylation sites (tertiary alicyclic amines) is 1. The van der Waals surface area contributed by atoms with E-state index in [4.69, 9.17) is 0 Å². The Kier molecular flexibility index (Phi) is 7.62. The van der Waals surface area contributed by atoms with Gasteiger partial charge < -0.3 is 0 Å². The lowest BCUT2D eigenvalue weighted by Gasteiger charge is -2.29. The minimum absolute atomic E-state index is 0.632. The number of hydrogen-bond acceptors (Lipinski definition) is 3. The molecule has 23 heavy (non-hydrogen) atoms. The molecule has 1 unspecified atom stereocenters. The van der Waals surface area contributed by atoms with Crippen LogP contribution in [-0.2, 0) is 16.4 Å². The maximum atomic E-state index is 11.2. The number of rotatable bonds is 6. The molecular formula is C17H27IN2O2S. The van der Waals surface area contributed by atoms with Gasteiger partial charge >= 0.3 is 0 Å². The molecule has 0 amide bonds. The van der Waals surface area contributed by atoms with Gasteiger partial charge in [0, 0.05) is 5.69 Å². The van der Waals surface area contributed by atoms with Gasteiger partial charge in [0.25, 0.3) is 0 Å². The van der Waals surface area contributed by atoms with E-state index < -0.39 is 10.0 Å². The van der Waals surface area contributed by atoms with Crippen LogP contribution in [-0.4, -0.2) is 36.7 Å². The highest BCUT2D eigenvalue weighted by Gasteiger charge is 2.16. The standard InChI is InChI=1S/C17H27IN2O2S/c1-23(21,22)19-16-11-9-15(10-12-16)7-6-14-20-13-5-3-2-4-8-17(20)18/h9-12,17,19H,2-8,13-14H2,1H3. The Morgan fingerprint density at radius 3 is 2.57 bits per heavy atom. The number of benzene rings is 1. The summed E-state index contributed by atoms with van der Waals surface area (Å²) in [6.45, 7) is 2.38. The second-order valence-electron chi connectivity index (χ2n) is 6.35. The van der Waals surface area contributed by atoms with Gasteiger partial charge in [-0.2, -0.15) is 0 Å². The molecule has 130 valence electrons. The molecule has 1 saturated heterocycles. The summed E-state index contributed by atoms with van der Waals surface area (Å²) in [7, 11) is -3.19. The number of halogens is 1. The lowest BCUT2D eigenvalue weighted by molar-refractivity contribution is 0.233. The van der Waals surface area contributed by atoms with Gasteiger partial charge in [-0.25, -0.2) is 8.42 Å². The van der Waals surface area contributed by atoms with Crippen molar-refractivity contribution >= 4 is 38.3 Å². The molecule has 0 saturated carbocycles. The third-order valence-electron chi connectivity index (χ3n) is 4.20. The molecule has 1 fully saturated rings. The van der Waals surface area contributed by atoms with Crippen LogP contribution in [0.1, 0.15) is 44.1 Å². The fourth-order valence-corrected chi connectivity index (χ4v) is 4.56. The topological polar surface area (TPSA) is 49.4 Å². The van der Waals surface area contributed by atoms with Crippen molar-refractivity contribution in [2.75, 3.05) is 24.1 Å². The lowest BCUT2D eigenvalue weighted by Crippen LogP contribution is -2.34. The van der Waals surface area contributed by atoms with Crippen LogP contribution in [0.4, 0.5) is 5.69 Å². The molecule has 0 radical (unpaired) electrons. The fourth-order valence-electron chi connectivity index (χ4n) is 3.00. The molecule has 1 aliphatic rings. The molecule has 1 aromatic rings. The number of sulfonamides is 1. The Morgan fingerprint density at radius 2 is 1.87 bits per heavy atom. The Hall–Kier alpha value is -0.340. The van der Waals surface area contributed by atoms with Gasteiger partial charge in [0.2, 0.25) is 10.0 Å². The van der Waals surface area contributed by atoms with Crippen LogP contribution in [0.15, 0.2) is 24.3 Å². The first-order chi connectivity index (χ1) is 10.9. The summed E-state index contributed by atoms with van der Waals surface area (Å²) >= 11 is 2.59. The van der Waals surface area contributed by atoms with E-state index in [0.29, 0.717) is 9.74 Å². The van der Waals surface area contributed by atoms with Crippen molar-refractivity contribution in [3.8, 4) is 0 Å². The third-order valence-corrected chi connectivity index (χ3v) is 6.22. The largest absolute Gasteiger partial charge is 0.292 e. The molecule has 1 aromatic carbocycles. The molecule has 0 bridgehead atoms. The van der Waals surface area contributed by atoms with Crippen molar-refractivity contribution in [3.63, 3.8) is 0 Å². The molecule has 2 rings (SSSR count). The molecule has 0 aliphatic carbocycles. The van der Waals surface area contributed by atoms with E-state index in [-0.39, 0.29) is 0 Å². The average molecular weight is 450 g/mol. The second-order valence-corrected chi connectivity index (χ2v) is 9.53. The van der Waals surface area contributed by atoms with E-state index in [1.807, 2.05) is 24.3 Å². The van der Waals surface area contributed by atoms with Crippen molar-refractivity contribution in [2.45, 2.75) is 49.0 Å². The number of anilines is 1. The van der Waals surface area contributed by atoms with Crippen molar-refractivity contribution < 1.29 is 8.42 Å². The predicted molar refractivity (Wildman–Crippen MR) is 106 cm³/mol. The zero-order valence-corrected chi connectivity index (χ0v) is 16.8. The van der Waals surface area contributed by atoms with E-state index >= 15 is 0 Å². The predicted octanol–water partition coefficient (Wildman–Crippen LogP) is 4.02. The Bertz CT molecular complexity index is 575. The average Bonchev–Trinajstić information content (AvgIpc) is 2.46. The van der Waals surface area contributed by atoms with Crippen LogP contribution in [0, 0.1) is 0 Å². The van der Waals surface area contributed by atoms with Gasteiger partial charge in [-0.15, -0.1) is 0 Å². The highest BCUT2D eigenvalue weighted by molar-refractivity contribution is 14.1. The molecule has 4 nitrogen and oxygen atoms in total. The number of nitrogens with zero attached hydrogens (tertiary/aromatic N) is 1. The first-order valence-corrected chi connectivity index (χ1v) is 11.5. The quantitative estimate of drug-likeness (QED) is 0.405. The van der Waals surface area contributed by atoms with Gasteiger partial charge in [-0.1, -0.05) is 54.0 Å². The number of aryl methyl sites for hydroxylation is 1. The van der Waals surface area contributed by atoms with Crippen molar-refractivity contribution in [2.24, 2.45) is 0 Å². The highest BCUT2D eigenvalue weighted by atomic mass is 127. The van der Waals surface area contributed by atoms with E-state index in [2.05, 4.69) is 32.2 Å². The van der Waals surface area contributed by atoms with E-state index in [1.165, 1.54) is 50.5 Å². The summed E-state index contributed by atoms with van der Waals surface area (Å²) in [5.74, 6) is 0. The summed E-state index contributed by atoms with van der Waals surface area (Å²) in [4.78, 5) is 2.62. The minimum atomic E-state index is -3.19. The van der Waals surface area contributed by atoms with Gasteiger partial charge in [0.1, 0.15) is 0 Å². The monoisotopic (exact) mass is 450 g/mol. The van der Waals surface area contributed by atoms with Crippen LogP contribution in [0.25, 0.3) is 0 Å². The molecule has 0 spiro atoms. The first-order valence-electron chi connectivity index (χ1n) is 8.39. The SMILES string of the molecule is CS(=O)(=O)Nc1ccc(CCCN2CCCCCCC2I)cc1. The van der Waals surface area contributed by atoms with Crippen LogP contribution < -0.4 is 4.72 Å². The van der Waals surface area contributed by atoms with Crippen LogP contribution >= 0.6 is 22.6 Å². The highest BCUT2D eigenvalue weighted by Crippen LogP contribution is 2.21. The van der Waals surface area contributed by atoms with Crippen molar-refractivity contribution in [3.05, 3.63) is 29.8 Å². The zero-order valence-electron chi connectivity index (χ0n) is 13.8. The third kappa shape index (κ3) is 7.39. The Balaban J connectivity index is 1.79. The summed E-state index contributed by atoms with van der Waals surface area (Å²) in [5, 5.41) is 0. The molecule has 1 aliphatic heterocycles. The Morgan fingerprint density at radius 1 is 1.17 bits per heavy atom. The molecular weight excluding hydrogens is 423 g/mol. The lowest BCUT2D eigenvalue weighted by atomic mass is 10.1. The first kappa shape index (κ1) is 19.0. The molecule has 6 heteroatoms. The number of hydrogen-bond donors (Lipinski definition) is 1. The van der Waals surface area contributed by atoms with Crippen molar-refractivity contribution in [1.82, 2.24) is 4.90 Å². The molecule has 1 N–H and O–H groups in total.